The van der Waals surface area contributed by atoms with Gasteiger partial charge in [-0.2, -0.15) is 5.26 Å². The molecular formula is C15H17N3O. The average molecular weight is 255 g/mol. The van der Waals surface area contributed by atoms with Gasteiger partial charge < -0.3 is 9.51 Å². The Morgan fingerprint density at radius 2 is 2.32 bits per heavy atom. The number of hydrogen-bond acceptors (Lipinski definition) is 3. The summed E-state index contributed by atoms with van der Waals surface area (Å²) in [5.41, 5.74) is 2.75. The molecule has 4 nitrogen and oxygen atoms in total. The highest BCUT2D eigenvalue weighted by atomic mass is 16.3. The second-order valence-electron chi connectivity index (χ2n) is 5.17. The third-order valence-electron chi connectivity index (χ3n) is 3.75. The number of nitriles is 1. The lowest BCUT2D eigenvalue weighted by Gasteiger charge is -2.29. The summed E-state index contributed by atoms with van der Waals surface area (Å²) in [5, 5.41) is 19.1. The van der Waals surface area contributed by atoms with Gasteiger partial charge in [0.15, 0.2) is 0 Å². The molecule has 0 bridgehead atoms. The molecule has 0 spiro atoms. The van der Waals surface area contributed by atoms with Crippen LogP contribution in [0.25, 0.3) is 5.52 Å². The lowest BCUT2D eigenvalue weighted by molar-refractivity contribution is 0.0668. The second-order valence-corrected chi connectivity index (χ2v) is 5.17. The summed E-state index contributed by atoms with van der Waals surface area (Å²) in [4.78, 5) is 2.23. The number of aliphatic hydroxyl groups excluding tert-OH is 1. The van der Waals surface area contributed by atoms with Crippen molar-refractivity contribution in [1.82, 2.24) is 9.30 Å². The molecule has 2 aromatic heterocycles. The van der Waals surface area contributed by atoms with Gasteiger partial charge in [0.25, 0.3) is 0 Å². The van der Waals surface area contributed by atoms with Gasteiger partial charge in [0, 0.05) is 31.0 Å². The van der Waals surface area contributed by atoms with E-state index in [0.717, 1.165) is 42.6 Å². The molecule has 1 atom stereocenters. The summed E-state index contributed by atoms with van der Waals surface area (Å²) in [6.45, 7) is 2.44. The highest BCUT2D eigenvalue weighted by molar-refractivity contribution is 5.65. The number of piperidine rings is 1. The molecule has 1 unspecified atom stereocenters. The average Bonchev–Trinajstić information content (AvgIpc) is 2.75. The Morgan fingerprint density at radius 3 is 3.11 bits per heavy atom. The van der Waals surface area contributed by atoms with E-state index in [-0.39, 0.29) is 6.10 Å². The molecule has 0 aromatic carbocycles. The Bertz CT molecular complexity index is 626. The molecule has 3 rings (SSSR count). The Labute approximate surface area is 112 Å². The zero-order valence-electron chi connectivity index (χ0n) is 10.8. The third kappa shape index (κ3) is 2.35. The van der Waals surface area contributed by atoms with Gasteiger partial charge in [-0.3, -0.25) is 4.90 Å². The molecule has 19 heavy (non-hydrogen) atoms. The van der Waals surface area contributed by atoms with Gasteiger partial charge in [-0.15, -0.1) is 0 Å². The molecule has 0 aliphatic carbocycles. The number of hydrogen-bond donors (Lipinski definition) is 1. The fraction of sp³-hybridized carbons (Fsp3) is 0.400. The Hall–Kier alpha value is -1.83. The summed E-state index contributed by atoms with van der Waals surface area (Å²) in [5.74, 6) is 0. The number of β-amino-alcohol motifs (C(OH)–C–C–N with tert-alkyl or cyclic N) is 1. The van der Waals surface area contributed by atoms with Gasteiger partial charge in [0.2, 0.25) is 0 Å². The van der Waals surface area contributed by atoms with Crippen molar-refractivity contribution in [2.24, 2.45) is 0 Å². The van der Waals surface area contributed by atoms with Gasteiger partial charge in [-0.25, -0.2) is 0 Å². The molecule has 1 fully saturated rings. The highest BCUT2D eigenvalue weighted by Crippen LogP contribution is 2.21. The molecule has 1 N–H and O–H groups in total. The van der Waals surface area contributed by atoms with E-state index in [1.807, 2.05) is 35.0 Å². The molecule has 3 heterocycles. The number of rotatable bonds is 2. The van der Waals surface area contributed by atoms with Crippen molar-refractivity contribution in [2.45, 2.75) is 25.5 Å². The molecule has 1 saturated heterocycles. The molecule has 2 aromatic rings. The lowest BCUT2D eigenvalue weighted by Crippen LogP contribution is -2.37. The largest absolute Gasteiger partial charge is 0.392 e. The van der Waals surface area contributed by atoms with Crippen molar-refractivity contribution in [3.05, 3.63) is 41.7 Å². The van der Waals surface area contributed by atoms with E-state index in [9.17, 15) is 10.4 Å². The maximum Gasteiger partial charge on any atom is 0.102 e. The lowest BCUT2D eigenvalue weighted by atomic mass is 10.1. The first-order chi connectivity index (χ1) is 9.28. The summed E-state index contributed by atoms with van der Waals surface area (Å²) in [6.07, 6.45) is 5.67. The number of likely N-dealkylation sites (tertiary alicyclic amines) is 1. The van der Waals surface area contributed by atoms with Gasteiger partial charge in [-0.1, -0.05) is 6.07 Å². The van der Waals surface area contributed by atoms with Gasteiger partial charge in [0.1, 0.15) is 6.07 Å². The SMILES string of the molecule is N#Cc1c(CN2CCCC(O)C2)cn2ccccc12. The van der Waals surface area contributed by atoms with Crippen molar-refractivity contribution < 1.29 is 5.11 Å². The highest BCUT2D eigenvalue weighted by Gasteiger charge is 2.20. The third-order valence-corrected chi connectivity index (χ3v) is 3.75. The Balaban J connectivity index is 1.90. The summed E-state index contributed by atoms with van der Waals surface area (Å²) in [7, 11) is 0. The van der Waals surface area contributed by atoms with E-state index >= 15 is 0 Å². The van der Waals surface area contributed by atoms with Crippen molar-refractivity contribution in [2.75, 3.05) is 13.1 Å². The first-order valence-corrected chi connectivity index (χ1v) is 6.67. The van der Waals surface area contributed by atoms with E-state index in [2.05, 4.69) is 11.0 Å². The minimum absolute atomic E-state index is 0.226. The summed E-state index contributed by atoms with van der Waals surface area (Å²) >= 11 is 0. The summed E-state index contributed by atoms with van der Waals surface area (Å²) in [6, 6.07) is 8.18. The maximum absolute atomic E-state index is 9.71. The Morgan fingerprint density at radius 1 is 1.42 bits per heavy atom. The van der Waals surface area contributed by atoms with Crippen LogP contribution in [0.2, 0.25) is 0 Å². The first-order valence-electron chi connectivity index (χ1n) is 6.67. The molecule has 0 saturated carbocycles. The van der Waals surface area contributed by atoms with Crippen LogP contribution in [0, 0.1) is 11.3 Å². The normalized spacial score (nSPS) is 20.5. The topological polar surface area (TPSA) is 51.7 Å². The molecular weight excluding hydrogens is 238 g/mol. The zero-order chi connectivity index (χ0) is 13.2. The van der Waals surface area contributed by atoms with Gasteiger partial charge in [-0.05, 0) is 31.5 Å². The molecule has 0 amide bonds. The predicted molar refractivity (Wildman–Crippen MR) is 72.6 cm³/mol. The van der Waals surface area contributed by atoms with Crippen molar-refractivity contribution in [1.29, 1.82) is 5.26 Å². The van der Waals surface area contributed by atoms with Crippen LogP contribution in [0.3, 0.4) is 0 Å². The van der Waals surface area contributed by atoms with Crippen LogP contribution in [-0.4, -0.2) is 33.6 Å². The molecule has 98 valence electrons. The van der Waals surface area contributed by atoms with Gasteiger partial charge >= 0.3 is 0 Å². The van der Waals surface area contributed by atoms with Crippen molar-refractivity contribution >= 4 is 5.52 Å². The standard InChI is InChI=1S/C15H17N3O/c16-8-14-12(9-17-6-3-4-13(19)11-17)10-18-7-2-1-5-15(14)18/h1-2,5,7,10,13,19H,3-4,6,9,11H2. The van der Waals surface area contributed by atoms with Crippen molar-refractivity contribution in [3.63, 3.8) is 0 Å². The van der Waals surface area contributed by atoms with E-state index in [1.165, 1.54) is 0 Å². The quantitative estimate of drug-likeness (QED) is 0.889. The number of pyridine rings is 1. The van der Waals surface area contributed by atoms with E-state index in [4.69, 9.17) is 0 Å². The number of aliphatic hydroxyl groups is 1. The Kier molecular flexibility index (Phi) is 3.24. The minimum Gasteiger partial charge on any atom is -0.392 e. The van der Waals surface area contributed by atoms with Gasteiger partial charge in [0.05, 0.1) is 17.2 Å². The maximum atomic E-state index is 9.71. The minimum atomic E-state index is -0.226. The number of nitrogens with zero attached hydrogens (tertiary/aromatic N) is 3. The van der Waals surface area contributed by atoms with Crippen LogP contribution >= 0.6 is 0 Å². The predicted octanol–water partition coefficient (Wildman–Crippen LogP) is 1.77. The summed E-state index contributed by atoms with van der Waals surface area (Å²) < 4.78 is 1.99. The number of fused-ring (bicyclic) bond motifs is 1. The fourth-order valence-electron chi connectivity index (χ4n) is 2.84. The van der Waals surface area contributed by atoms with E-state index in [1.54, 1.807) is 0 Å². The smallest absolute Gasteiger partial charge is 0.102 e. The van der Waals surface area contributed by atoms with Crippen LogP contribution in [0.1, 0.15) is 24.0 Å². The molecule has 1 aliphatic rings. The monoisotopic (exact) mass is 255 g/mol. The zero-order valence-corrected chi connectivity index (χ0v) is 10.8. The molecule has 4 heteroatoms. The van der Waals surface area contributed by atoms with Crippen LogP contribution in [-0.2, 0) is 6.54 Å². The van der Waals surface area contributed by atoms with Crippen LogP contribution < -0.4 is 0 Å². The van der Waals surface area contributed by atoms with E-state index < -0.39 is 0 Å². The van der Waals surface area contributed by atoms with Crippen LogP contribution in [0.15, 0.2) is 30.6 Å². The van der Waals surface area contributed by atoms with E-state index in [0.29, 0.717) is 6.54 Å². The van der Waals surface area contributed by atoms with Crippen LogP contribution in [0.4, 0.5) is 0 Å². The second kappa shape index (κ2) is 5.04. The molecule has 0 radical (unpaired) electrons. The molecule has 1 aliphatic heterocycles. The van der Waals surface area contributed by atoms with Crippen LogP contribution in [0.5, 0.6) is 0 Å². The fourth-order valence-corrected chi connectivity index (χ4v) is 2.84. The number of aromatic nitrogens is 1. The first kappa shape index (κ1) is 12.2. The van der Waals surface area contributed by atoms with Crippen molar-refractivity contribution in [3.8, 4) is 6.07 Å².